The van der Waals surface area contributed by atoms with E-state index in [4.69, 9.17) is 0 Å². The highest BCUT2D eigenvalue weighted by Crippen LogP contribution is 2.36. The molecule has 1 saturated heterocycles. The third kappa shape index (κ3) is 7.31. The Bertz CT molecular complexity index is 1720. The maximum Gasteiger partial charge on any atom is 0.303 e. The Morgan fingerprint density at radius 1 is 0.957 bits per heavy atom. The summed E-state index contributed by atoms with van der Waals surface area (Å²) in [5, 5.41) is 39.3. The summed E-state index contributed by atoms with van der Waals surface area (Å²) in [6.45, 7) is 7.39. The van der Waals surface area contributed by atoms with E-state index in [0.29, 0.717) is 51.0 Å². The first-order valence-electron chi connectivity index (χ1n) is 15.3. The monoisotopic (exact) mass is 670 g/mol. The first kappa shape index (κ1) is 35.2. The van der Waals surface area contributed by atoms with Crippen molar-refractivity contribution in [1.29, 1.82) is 0 Å². The average molecular weight is 671 g/mol. The molecule has 2 aliphatic heterocycles. The van der Waals surface area contributed by atoms with Crippen LogP contribution in [-0.2, 0) is 32.0 Å². The molecule has 1 fully saturated rings. The number of carboxylic acids is 2. The van der Waals surface area contributed by atoms with Gasteiger partial charge in [-0.25, -0.2) is 0 Å². The van der Waals surface area contributed by atoms with Gasteiger partial charge >= 0.3 is 11.9 Å². The van der Waals surface area contributed by atoms with Crippen molar-refractivity contribution >= 4 is 61.2 Å². The number of nitrogens with one attached hydrogen (secondary N) is 4. The number of carboxylic acid groups (broad SMARTS) is 2. The average Bonchev–Trinajstić information content (AvgIpc) is 3.65. The summed E-state index contributed by atoms with van der Waals surface area (Å²) in [5.41, 5.74) is 5.38. The summed E-state index contributed by atoms with van der Waals surface area (Å²) in [6.07, 6.45) is 5.05. The zero-order valence-corrected chi connectivity index (χ0v) is 28.1. The molecule has 0 bridgehead atoms. The second-order valence-electron chi connectivity index (χ2n) is 12.0. The van der Waals surface area contributed by atoms with E-state index in [-0.39, 0.29) is 55.4 Å². The van der Waals surface area contributed by atoms with E-state index in [1.165, 1.54) is 5.41 Å². The number of aromatic nitrogens is 2. The van der Waals surface area contributed by atoms with Crippen molar-refractivity contribution in [3.05, 3.63) is 67.0 Å². The maximum atomic E-state index is 12.6. The lowest BCUT2D eigenvalue weighted by Gasteiger charge is -2.25. The smallest absolute Gasteiger partial charge is 0.303 e. The topological polar surface area (TPSA) is 185 Å². The van der Waals surface area contributed by atoms with Gasteiger partial charge in [-0.2, -0.15) is 25.3 Å². The molecule has 4 rings (SSSR count). The molecule has 13 heteroatoms. The molecule has 0 spiro atoms. The van der Waals surface area contributed by atoms with Crippen LogP contribution in [0.15, 0.2) is 22.6 Å². The van der Waals surface area contributed by atoms with Crippen LogP contribution >= 0.6 is 25.3 Å². The number of aromatic amines is 2. The molecule has 248 valence electrons. The predicted molar refractivity (Wildman–Crippen MR) is 181 cm³/mol. The van der Waals surface area contributed by atoms with Gasteiger partial charge in [-0.3, -0.25) is 19.2 Å². The summed E-state index contributed by atoms with van der Waals surface area (Å²) < 4.78 is 0. The summed E-state index contributed by atoms with van der Waals surface area (Å²) in [4.78, 5) is 55.0. The van der Waals surface area contributed by atoms with Crippen LogP contribution in [0.25, 0.3) is 12.2 Å². The van der Waals surface area contributed by atoms with Crippen LogP contribution in [-0.4, -0.2) is 66.9 Å². The van der Waals surface area contributed by atoms with Gasteiger partial charge in [0, 0.05) is 46.4 Å². The fourth-order valence-corrected chi connectivity index (χ4v) is 7.03. The highest BCUT2D eigenvalue weighted by atomic mass is 32.1. The van der Waals surface area contributed by atoms with Crippen molar-refractivity contribution in [2.45, 2.75) is 78.0 Å². The molecule has 0 saturated carbocycles. The summed E-state index contributed by atoms with van der Waals surface area (Å²) >= 11 is 8.45. The molecule has 0 radical (unpaired) electrons. The second kappa shape index (κ2) is 14.8. The highest BCUT2D eigenvalue weighted by molar-refractivity contribution is 7.83. The minimum Gasteiger partial charge on any atom is -0.481 e. The van der Waals surface area contributed by atoms with Gasteiger partial charge in [-0.05, 0) is 103 Å². The first-order valence-corrected chi connectivity index (χ1v) is 16.4. The van der Waals surface area contributed by atoms with Gasteiger partial charge in [-0.15, -0.1) is 0 Å². The lowest BCUT2D eigenvalue weighted by Crippen LogP contribution is -2.36. The summed E-state index contributed by atoms with van der Waals surface area (Å²) in [5.74, 6) is -2.15. The Morgan fingerprint density at radius 3 is 2.22 bits per heavy atom. The van der Waals surface area contributed by atoms with Gasteiger partial charge in [0.2, 0.25) is 5.91 Å². The third-order valence-electron chi connectivity index (χ3n) is 9.29. The van der Waals surface area contributed by atoms with Gasteiger partial charge in [-0.1, -0.05) is 6.92 Å². The molecule has 1 unspecified atom stereocenters. The largest absolute Gasteiger partial charge is 0.481 e. The molecular formula is C33H42N4O7S2. The molecule has 4 heterocycles. The Hall–Kier alpha value is -3.68. The Morgan fingerprint density at radius 2 is 1.61 bits per heavy atom. The van der Waals surface area contributed by atoms with E-state index < -0.39 is 24.1 Å². The van der Waals surface area contributed by atoms with Crippen molar-refractivity contribution in [1.82, 2.24) is 20.6 Å². The van der Waals surface area contributed by atoms with Gasteiger partial charge in [0.1, 0.15) is 6.10 Å². The van der Waals surface area contributed by atoms with Crippen LogP contribution in [0, 0.1) is 25.7 Å². The maximum absolute atomic E-state index is 12.6. The number of hydrogen-bond acceptors (Lipinski definition) is 7. The Labute approximate surface area is 278 Å². The van der Waals surface area contributed by atoms with Crippen LogP contribution in [0.5, 0.6) is 0 Å². The summed E-state index contributed by atoms with van der Waals surface area (Å²) in [6, 6.07) is -0.938. The molecule has 0 aromatic carbocycles. The van der Waals surface area contributed by atoms with Gasteiger partial charge in [0.15, 0.2) is 0 Å². The van der Waals surface area contributed by atoms with E-state index in [1.54, 1.807) is 6.08 Å². The number of H-pyrrole nitrogens is 2. The van der Waals surface area contributed by atoms with Crippen molar-refractivity contribution in [2.24, 2.45) is 11.8 Å². The number of thiol groups is 2. The lowest BCUT2D eigenvalue weighted by molar-refractivity contribution is -0.138. The van der Waals surface area contributed by atoms with E-state index in [0.717, 1.165) is 16.7 Å². The number of aliphatic carboxylic acids is 2. The van der Waals surface area contributed by atoms with Crippen molar-refractivity contribution < 1.29 is 34.5 Å². The zero-order valence-electron chi connectivity index (χ0n) is 26.3. The van der Waals surface area contributed by atoms with Crippen molar-refractivity contribution in [2.75, 3.05) is 5.75 Å². The molecule has 0 aliphatic carbocycles. The van der Waals surface area contributed by atoms with E-state index in [2.05, 4.69) is 45.9 Å². The number of aliphatic hydroxyl groups excluding tert-OH is 1. The highest BCUT2D eigenvalue weighted by Gasteiger charge is 2.43. The molecule has 11 nitrogen and oxygen atoms in total. The van der Waals surface area contributed by atoms with Crippen molar-refractivity contribution in [3.8, 4) is 0 Å². The van der Waals surface area contributed by atoms with Crippen LogP contribution in [0.4, 0.5) is 0 Å². The summed E-state index contributed by atoms with van der Waals surface area (Å²) in [7, 11) is 0. The molecule has 7 N–H and O–H groups in total. The van der Waals surface area contributed by atoms with Gasteiger partial charge < -0.3 is 35.9 Å². The molecule has 2 amide bonds. The molecule has 2 aromatic rings. The molecule has 2 aliphatic rings. The first-order chi connectivity index (χ1) is 21.8. The Balaban J connectivity index is 1.86. The van der Waals surface area contributed by atoms with Crippen LogP contribution in [0.1, 0.15) is 72.9 Å². The van der Waals surface area contributed by atoms with Crippen molar-refractivity contribution in [3.63, 3.8) is 0 Å². The number of rotatable bonds is 13. The minimum atomic E-state index is -1.08. The number of aliphatic hydroxyl groups is 1. The quantitative estimate of drug-likeness (QED) is 0.146. The molecule has 46 heavy (non-hydrogen) atoms. The SMILES string of the molecule is CC1=C(/C=C/S)C(=O)N[C@@H]1/C=c1/[nH]/c(=C/c2[nH]c([C@H](O)C3NC(=O)[C@H](C)[C@H]3CCS)c(C)c2CCC(=O)O)c(CCC(=O)O)c1C. The second-order valence-corrected chi connectivity index (χ2v) is 12.8. The third-order valence-corrected chi connectivity index (χ3v) is 9.70. The molecule has 5 atom stereocenters. The van der Waals surface area contributed by atoms with Crippen LogP contribution < -0.4 is 21.3 Å². The fourth-order valence-electron chi connectivity index (χ4n) is 6.59. The predicted octanol–water partition coefficient (Wildman–Crippen LogP) is 1.97. The van der Waals surface area contributed by atoms with Gasteiger partial charge in [0.05, 0.1) is 12.1 Å². The fraction of sp³-hybridized carbons (Fsp3) is 0.455. The molecular weight excluding hydrogens is 629 g/mol. The normalized spacial score (nSPS) is 23.1. The number of carbonyl (C=O) groups is 4. The lowest BCUT2D eigenvalue weighted by atomic mass is 9.85. The number of amides is 2. The molecule has 2 aromatic heterocycles. The number of carbonyl (C=O) groups excluding carboxylic acids is 2. The minimum absolute atomic E-state index is 0.110. The zero-order chi connectivity index (χ0) is 33.9. The van der Waals surface area contributed by atoms with Gasteiger partial charge in [0.25, 0.3) is 5.91 Å². The number of hydrogen-bond donors (Lipinski definition) is 9. The van der Waals surface area contributed by atoms with Crippen LogP contribution in [0.3, 0.4) is 0 Å². The van der Waals surface area contributed by atoms with Crippen LogP contribution in [0.2, 0.25) is 0 Å². The van der Waals surface area contributed by atoms with E-state index in [9.17, 15) is 34.5 Å². The van der Waals surface area contributed by atoms with E-state index in [1.807, 2.05) is 39.8 Å². The Kier molecular flexibility index (Phi) is 11.3. The van der Waals surface area contributed by atoms with E-state index >= 15 is 0 Å². The standard InChI is InChI=1S/C33H42N4O7S2/c1-15-19(5-7-27(38)39)25(34-23(15)13-24-16(2)22(10-12-46)33(44)36-24)14-26-20(6-8-28(40)41)17(3)29(35-26)31(42)30-21(9-11-45)18(4)32(43)37-30/h10,12-14,18,21,24,30-31,34-35,42,45-46H,5-9,11H2,1-4H3,(H,36,44)(H,37,43)(H,38,39)(H,40,41)/b12-10+,23-13+,25-14+/t18-,21-,24-,30?,31+/m1/s1.